The highest BCUT2D eigenvalue weighted by Gasteiger charge is 2.42. The Balaban J connectivity index is 1.62. The van der Waals surface area contributed by atoms with Crippen LogP contribution >= 0.6 is 0 Å². The number of nitrogens with two attached hydrogens (primary N) is 1. The number of likely N-dealkylation sites (tertiary alicyclic amines) is 1. The Morgan fingerprint density at radius 2 is 2.00 bits per heavy atom. The van der Waals surface area contributed by atoms with Crippen molar-refractivity contribution in [2.24, 2.45) is 11.7 Å². The Morgan fingerprint density at radius 3 is 2.71 bits per heavy atom. The maximum absolute atomic E-state index is 6.32. The normalized spacial score (nSPS) is 40.9. The Morgan fingerprint density at radius 1 is 1.14 bits per heavy atom. The summed E-state index contributed by atoms with van der Waals surface area (Å²) in [5.74, 6) is 1.03. The van der Waals surface area contributed by atoms with Crippen molar-refractivity contribution in [1.29, 1.82) is 0 Å². The van der Waals surface area contributed by atoms with Crippen LogP contribution in [0.2, 0.25) is 0 Å². The Hall–Kier alpha value is -0.0800. The van der Waals surface area contributed by atoms with Crippen LogP contribution in [0.3, 0.4) is 0 Å². The summed E-state index contributed by atoms with van der Waals surface area (Å²) in [6.45, 7) is 2.52. The van der Waals surface area contributed by atoms with Crippen molar-refractivity contribution in [3.05, 3.63) is 0 Å². The molecule has 0 radical (unpaired) electrons. The van der Waals surface area contributed by atoms with Crippen molar-refractivity contribution in [3.8, 4) is 0 Å². The molecule has 2 heteroatoms. The van der Waals surface area contributed by atoms with Gasteiger partial charge in [0.1, 0.15) is 0 Å². The highest BCUT2D eigenvalue weighted by Crippen LogP contribution is 2.40. The number of fused-ring (bicyclic) bond motifs is 1. The summed E-state index contributed by atoms with van der Waals surface area (Å²) >= 11 is 0. The van der Waals surface area contributed by atoms with Gasteiger partial charge in [-0.05, 0) is 51.0 Å². The number of hydrogen-bond acceptors (Lipinski definition) is 2. The molecule has 3 rings (SSSR count). The zero-order chi connectivity index (χ0) is 9.60. The first-order valence-electron chi connectivity index (χ1n) is 6.30. The monoisotopic (exact) mass is 194 g/mol. The summed E-state index contributed by atoms with van der Waals surface area (Å²) in [5.41, 5.74) is 6.53. The van der Waals surface area contributed by atoms with Gasteiger partial charge in [-0.1, -0.05) is 6.42 Å². The van der Waals surface area contributed by atoms with Gasteiger partial charge in [0, 0.05) is 18.1 Å². The second kappa shape index (κ2) is 3.21. The van der Waals surface area contributed by atoms with Crippen LogP contribution in [0, 0.1) is 5.92 Å². The van der Waals surface area contributed by atoms with Crippen LogP contribution in [0.5, 0.6) is 0 Å². The van der Waals surface area contributed by atoms with Crippen LogP contribution in [0.1, 0.15) is 44.9 Å². The smallest absolute Gasteiger partial charge is 0.0283 e. The van der Waals surface area contributed by atoms with Gasteiger partial charge < -0.3 is 5.73 Å². The number of hydrogen-bond donors (Lipinski definition) is 1. The van der Waals surface area contributed by atoms with Crippen molar-refractivity contribution >= 4 is 0 Å². The third-order valence-electron chi connectivity index (χ3n) is 4.74. The lowest BCUT2D eigenvalue weighted by Gasteiger charge is -2.42. The standard InChI is InChI=1S/C12H22N2/c13-12(6-2-7-12)9-14-8-5-10-3-1-4-11(10)14/h10-11H,1-9,13H2. The minimum absolute atomic E-state index is 0.206. The second-order valence-electron chi connectivity index (χ2n) is 5.73. The lowest BCUT2D eigenvalue weighted by molar-refractivity contribution is 0.131. The molecule has 0 aromatic rings. The molecule has 3 aliphatic rings. The van der Waals surface area contributed by atoms with Crippen LogP contribution in [0.4, 0.5) is 0 Å². The third-order valence-corrected chi connectivity index (χ3v) is 4.74. The quantitative estimate of drug-likeness (QED) is 0.725. The summed E-state index contributed by atoms with van der Waals surface area (Å²) in [6, 6.07) is 0.913. The molecular formula is C12H22N2. The Kier molecular flexibility index (Phi) is 2.10. The number of rotatable bonds is 2. The van der Waals surface area contributed by atoms with Gasteiger partial charge in [0.05, 0.1) is 0 Å². The maximum atomic E-state index is 6.32. The Labute approximate surface area is 86.8 Å². The summed E-state index contributed by atoms with van der Waals surface area (Å²) in [7, 11) is 0. The first-order chi connectivity index (χ1) is 6.77. The summed E-state index contributed by atoms with van der Waals surface area (Å²) in [4.78, 5) is 2.71. The maximum Gasteiger partial charge on any atom is 0.0283 e. The molecule has 1 saturated heterocycles. The fraction of sp³-hybridized carbons (Fsp3) is 1.00. The van der Waals surface area contributed by atoms with Crippen LogP contribution in [-0.4, -0.2) is 29.6 Å². The topological polar surface area (TPSA) is 29.3 Å². The lowest BCUT2D eigenvalue weighted by atomic mass is 9.77. The summed E-state index contributed by atoms with van der Waals surface area (Å²) in [5, 5.41) is 0. The van der Waals surface area contributed by atoms with E-state index in [0.717, 1.165) is 12.0 Å². The zero-order valence-corrected chi connectivity index (χ0v) is 9.04. The molecule has 0 aromatic carbocycles. The van der Waals surface area contributed by atoms with Gasteiger partial charge >= 0.3 is 0 Å². The van der Waals surface area contributed by atoms with Crippen molar-refractivity contribution < 1.29 is 0 Å². The van der Waals surface area contributed by atoms with E-state index in [-0.39, 0.29) is 5.54 Å². The van der Waals surface area contributed by atoms with E-state index in [1.165, 1.54) is 58.0 Å². The van der Waals surface area contributed by atoms with E-state index in [1.807, 2.05) is 0 Å². The first kappa shape index (κ1) is 9.17. The molecule has 0 spiro atoms. The fourth-order valence-corrected chi connectivity index (χ4v) is 3.72. The SMILES string of the molecule is NC1(CN2CCC3CCCC32)CCC1. The molecule has 1 aliphatic heterocycles. The average Bonchev–Trinajstić information content (AvgIpc) is 2.66. The van der Waals surface area contributed by atoms with Crippen LogP contribution in [0.15, 0.2) is 0 Å². The minimum Gasteiger partial charge on any atom is -0.324 e. The average molecular weight is 194 g/mol. The first-order valence-corrected chi connectivity index (χ1v) is 6.30. The molecule has 2 nitrogen and oxygen atoms in total. The molecule has 1 heterocycles. The van der Waals surface area contributed by atoms with E-state index in [2.05, 4.69) is 4.90 Å². The van der Waals surface area contributed by atoms with E-state index in [9.17, 15) is 0 Å². The van der Waals surface area contributed by atoms with E-state index in [0.29, 0.717) is 0 Å². The van der Waals surface area contributed by atoms with Gasteiger partial charge in [0.25, 0.3) is 0 Å². The van der Waals surface area contributed by atoms with Gasteiger partial charge in [0.2, 0.25) is 0 Å². The van der Waals surface area contributed by atoms with Gasteiger partial charge in [0.15, 0.2) is 0 Å². The van der Waals surface area contributed by atoms with Gasteiger partial charge in [-0.15, -0.1) is 0 Å². The van der Waals surface area contributed by atoms with Crippen molar-refractivity contribution in [2.75, 3.05) is 13.1 Å². The van der Waals surface area contributed by atoms with Gasteiger partial charge in [-0.3, -0.25) is 4.90 Å². The Bertz CT molecular complexity index is 222. The largest absolute Gasteiger partial charge is 0.324 e. The molecule has 2 aliphatic carbocycles. The zero-order valence-electron chi connectivity index (χ0n) is 9.04. The van der Waals surface area contributed by atoms with E-state index in [1.54, 1.807) is 0 Å². The molecule has 3 fully saturated rings. The van der Waals surface area contributed by atoms with Gasteiger partial charge in [-0.25, -0.2) is 0 Å². The van der Waals surface area contributed by atoms with E-state index >= 15 is 0 Å². The molecule has 0 bridgehead atoms. The van der Waals surface area contributed by atoms with Crippen molar-refractivity contribution in [1.82, 2.24) is 4.90 Å². The fourth-order valence-electron chi connectivity index (χ4n) is 3.72. The summed E-state index contributed by atoms with van der Waals surface area (Å²) in [6.07, 6.45) is 9.73. The molecule has 2 unspecified atom stereocenters. The molecule has 80 valence electrons. The molecule has 0 aromatic heterocycles. The minimum atomic E-state index is 0.206. The van der Waals surface area contributed by atoms with Crippen molar-refractivity contribution in [3.63, 3.8) is 0 Å². The molecular weight excluding hydrogens is 172 g/mol. The van der Waals surface area contributed by atoms with E-state index < -0.39 is 0 Å². The number of nitrogens with zero attached hydrogens (tertiary/aromatic N) is 1. The second-order valence-corrected chi connectivity index (χ2v) is 5.73. The highest BCUT2D eigenvalue weighted by molar-refractivity contribution is 5.00. The lowest BCUT2D eigenvalue weighted by Crippen LogP contribution is -2.55. The molecule has 14 heavy (non-hydrogen) atoms. The van der Waals surface area contributed by atoms with Crippen LogP contribution < -0.4 is 5.73 Å². The van der Waals surface area contributed by atoms with Gasteiger partial charge in [-0.2, -0.15) is 0 Å². The molecule has 0 amide bonds. The molecule has 2 N–H and O–H groups in total. The molecule has 2 atom stereocenters. The summed E-state index contributed by atoms with van der Waals surface area (Å²) < 4.78 is 0. The highest BCUT2D eigenvalue weighted by atomic mass is 15.2. The predicted molar refractivity (Wildman–Crippen MR) is 58.1 cm³/mol. The van der Waals surface area contributed by atoms with E-state index in [4.69, 9.17) is 5.73 Å². The predicted octanol–water partition coefficient (Wildman–Crippen LogP) is 1.74. The molecule has 2 saturated carbocycles. The van der Waals surface area contributed by atoms with Crippen LogP contribution in [0.25, 0.3) is 0 Å². The van der Waals surface area contributed by atoms with Crippen LogP contribution in [-0.2, 0) is 0 Å². The van der Waals surface area contributed by atoms with Crippen molar-refractivity contribution in [2.45, 2.75) is 56.5 Å². The third kappa shape index (κ3) is 1.40.